The van der Waals surface area contributed by atoms with Crippen LogP contribution in [0.5, 0.6) is 0 Å². The van der Waals surface area contributed by atoms with Crippen LogP contribution in [0.4, 0.5) is 11.4 Å². The molecule has 0 spiro atoms. The smallest absolute Gasteiger partial charge is 0.293 e. The molecule has 0 amide bonds. The van der Waals surface area contributed by atoms with Gasteiger partial charge in [-0.3, -0.25) is 10.1 Å². The second-order valence-corrected chi connectivity index (χ2v) is 4.60. The molecule has 0 fully saturated rings. The van der Waals surface area contributed by atoms with Crippen LogP contribution >= 0.6 is 11.6 Å². The molecule has 0 aliphatic carbocycles. The summed E-state index contributed by atoms with van der Waals surface area (Å²) in [6.07, 6.45) is 2.99. The Morgan fingerprint density at radius 3 is 2.79 bits per heavy atom. The molecule has 106 valence electrons. The van der Waals surface area contributed by atoms with Crippen LogP contribution in [0.1, 0.15) is 26.2 Å². The molecule has 0 saturated heterocycles. The van der Waals surface area contributed by atoms with Gasteiger partial charge in [0.25, 0.3) is 5.69 Å². The van der Waals surface area contributed by atoms with E-state index in [1.54, 1.807) is 12.1 Å². The standard InChI is InChI=1S/C13H19ClN2O3/c1-2-3-8-19-9-4-7-15-12-6-5-11(14)10-13(12)16(17)18/h5-6,10,15H,2-4,7-9H2,1H3. The van der Waals surface area contributed by atoms with Crippen molar-refractivity contribution < 1.29 is 9.66 Å². The van der Waals surface area contributed by atoms with Crippen LogP contribution in [-0.2, 0) is 4.74 Å². The van der Waals surface area contributed by atoms with Crippen LogP contribution in [0.2, 0.25) is 5.02 Å². The first-order chi connectivity index (χ1) is 9.15. The van der Waals surface area contributed by atoms with E-state index in [1.165, 1.54) is 6.07 Å². The van der Waals surface area contributed by atoms with Crippen molar-refractivity contribution in [3.8, 4) is 0 Å². The van der Waals surface area contributed by atoms with Crippen molar-refractivity contribution in [2.45, 2.75) is 26.2 Å². The third-order valence-electron chi connectivity index (χ3n) is 2.58. The first-order valence-corrected chi connectivity index (χ1v) is 6.78. The molecule has 1 aromatic rings. The fraction of sp³-hybridized carbons (Fsp3) is 0.538. The predicted octanol–water partition coefficient (Wildman–Crippen LogP) is 3.87. The largest absolute Gasteiger partial charge is 0.381 e. The highest BCUT2D eigenvalue weighted by atomic mass is 35.5. The van der Waals surface area contributed by atoms with Gasteiger partial charge in [-0.2, -0.15) is 0 Å². The van der Waals surface area contributed by atoms with Gasteiger partial charge in [-0.25, -0.2) is 0 Å². The van der Waals surface area contributed by atoms with Gasteiger partial charge in [-0.1, -0.05) is 24.9 Å². The van der Waals surface area contributed by atoms with Gasteiger partial charge in [0.2, 0.25) is 0 Å². The van der Waals surface area contributed by atoms with E-state index in [4.69, 9.17) is 16.3 Å². The molecule has 0 bridgehead atoms. The van der Waals surface area contributed by atoms with Crippen molar-refractivity contribution in [1.82, 2.24) is 0 Å². The minimum atomic E-state index is -0.439. The number of nitro benzene ring substituents is 1. The van der Waals surface area contributed by atoms with E-state index in [1.807, 2.05) is 0 Å². The molecule has 0 heterocycles. The summed E-state index contributed by atoms with van der Waals surface area (Å²) in [6.45, 7) is 4.19. The predicted molar refractivity (Wildman–Crippen MR) is 76.9 cm³/mol. The van der Waals surface area contributed by atoms with E-state index in [9.17, 15) is 10.1 Å². The van der Waals surface area contributed by atoms with Crippen LogP contribution in [0.3, 0.4) is 0 Å². The number of anilines is 1. The van der Waals surface area contributed by atoms with Crippen molar-refractivity contribution in [2.75, 3.05) is 25.1 Å². The number of hydrogen-bond donors (Lipinski definition) is 1. The van der Waals surface area contributed by atoms with Crippen LogP contribution < -0.4 is 5.32 Å². The average molecular weight is 287 g/mol. The van der Waals surface area contributed by atoms with E-state index in [2.05, 4.69) is 12.2 Å². The summed E-state index contributed by atoms with van der Waals surface area (Å²) >= 11 is 5.74. The lowest BCUT2D eigenvalue weighted by atomic mass is 10.2. The summed E-state index contributed by atoms with van der Waals surface area (Å²) in [5.74, 6) is 0. The lowest BCUT2D eigenvalue weighted by Gasteiger charge is -2.07. The summed E-state index contributed by atoms with van der Waals surface area (Å²) in [7, 11) is 0. The normalized spacial score (nSPS) is 10.4. The van der Waals surface area contributed by atoms with Gasteiger partial charge in [-0.15, -0.1) is 0 Å². The molecular weight excluding hydrogens is 268 g/mol. The minimum Gasteiger partial charge on any atom is -0.381 e. The van der Waals surface area contributed by atoms with Crippen LogP contribution in [0.15, 0.2) is 18.2 Å². The Labute approximate surface area is 118 Å². The van der Waals surface area contributed by atoms with Crippen molar-refractivity contribution in [3.63, 3.8) is 0 Å². The van der Waals surface area contributed by atoms with Crippen molar-refractivity contribution in [3.05, 3.63) is 33.3 Å². The molecule has 1 rings (SSSR count). The quantitative estimate of drug-likeness (QED) is 0.425. The van der Waals surface area contributed by atoms with Gasteiger partial charge in [-0.05, 0) is 25.0 Å². The maximum atomic E-state index is 10.9. The molecule has 19 heavy (non-hydrogen) atoms. The second-order valence-electron chi connectivity index (χ2n) is 4.16. The fourth-order valence-corrected chi connectivity index (χ4v) is 1.72. The lowest BCUT2D eigenvalue weighted by molar-refractivity contribution is -0.383. The van der Waals surface area contributed by atoms with Gasteiger partial charge in [0.15, 0.2) is 0 Å². The van der Waals surface area contributed by atoms with E-state index >= 15 is 0 Å². The lowest BCUT2D eigenvalue weighted by Crippen LogP contribution is -2.07. The topological polar surface area (TPSA) is 64.4 Å². The zero-order valence-corrected chi connectivity index (χ0v) is 11.8. The summed E-state index contributed by atoms with van der Waals surface area (Å²) in [5.41, 5.74) is 0.488. The van der Waals surface area contributed by atoms with Crippen LogP contribution in [0.25, 0.3) is 0 Å². The molecule has 0 unspecified atom stereocenters. The summed E-state index contributed by atoms with van der Waals surface area (Å²) < 4.78 is 5.41. The molecule has 0 saturated carbocycles. The van der Waals surface area contributed by atoms with E-state index in [0.717, 1.165) is 25.9 Å². The molecule has 0 aliphatic heterocycles. The maximum absolute atomic E-state index is 10.9. The molecule has 6 heteroatoms. The first kappa shape index (κ1) is 15.7. The molecule has 0 aliphatic rings. The van der Waals surface area contributed by atoms with Gasteiger partial charge in [0.1, 0.15) is 5.69 Å². The van der Waals surface area contributed by atoms with Crippen molar-refractivity contribution >= 4 is 23.0 Å². The Hall–Kier alpha value is -1.33. The Morgan fingerprint density at radius 1 is 1.37 bits per heavy atom. The molecule has 0 atom stereocenters. The highest BCUT2D eigenvalue weighted by Gasteiger charge is 2.13. The monoisotopic (exact) mass is 286 g/mol. The number of benzene rings is 1. The first-order valence-electron chi connectivity index (χ1n) is 6.40. The molecule has 1 aromatic carbocycles. The second kappa shape index (κ2) is 8.72. The number of nitro groups is 1. The number of nitrogens with one attached hydrogen (secondary N) is 1. The van der Waals surface area contributed by atoms with E-state index < -0.39 is 4.92 Å². The Bertz CT molecular complexity index is 413. The molecule has 1 N–H and O–H groups in total. The van der Waals surface area contributed by atoms with Crippen molar-refractivity contribution in [1.29, 1.82) is 0 Å². The fourth-order valence-electron chi connectivity index (χ4n) is 1.55. The third kappa shape index (κ3) is 5.89. The third-order valence-corrected chi connectivity index (χ3v) is 2.81. The van der Waals surface area contributed by atoms with Gasteiger partial charge in [0.05, 0.1) is 4.92 Å². The van der Waals surface area contributed by atoms with Crippen LogP contribution in [0, 0.1) is 10.1 Å². The van der Waals surface area contributed by atoms with Gasteiger partial charge in [0, 0.05) is 30.8 Å². The summed E-state index contributed by atoms with van der Waals surface area (Å²) in [6, 6.07) is 4.61. The zero-order chi connectivity index (χ0) is 14.1. The molecule has 0 radical (unpaired) electrons. The van der Waals surface area contributed by atoms with Crippen molar-refractivity contribution in [2.24, 2.45) is 0 Å². The maximum Gasteiger partial charge on any atom is 0.293 e. The van der Waals surface area contributed by atoms with Gasteiger partial charge < -0.3 is 10.1 Å². The summed E-state index contributed by atoms with van der Waals surface area (Å²) in [5, 5.41) is 14.3. The Morgan fingerprint density at radius 2 is 2.11 bits per heavy atom. The molecule has 5 nitrogen and oxygen atoms in total. The van der Waals surface area contributed by atoms with Crippen LogP contribution in [-0.4, -0.2) is 24.7 Å². The highest BCUT2D eigenvalue weighted by molar-refractivity contribution is 6.30. The molecule has 0 aromatic heterocycles. The Kier molecular flexibility index (Phi) is 7.22. The Balaban J connectivity index is 2.35. The number of unbranched alkanes of at least 4 members (excludes halogenated alkanes) is 1. The average Bonchev–Trinajstić information content (AvgIpc) is 2.39. The number of halogens is 1. The number of nitrogens with zero attached hydrogens (tertiary/aromatic N) is 1. The van der Waals surface area contributed by atoms with E-state index in [0.29, 0.717) is 23.9 Å². The highest BCUT2D eigenvalue weighted by Crippen LogP contribution is 2.27. The van der Waals surface area contributed by atoms with Gasteiger partial charge >= 0.3 is 0 Å². The molecular formula is C13H19ClN2O3. The summed E-state index contributed by atoms with van der Waals surface area (Å²) in [4.78, 5) is 10.4. The number of rotatable bonds is 9. The zero-order valence-electron chi connectivity index (χ0n) is 11.0. The minimum absolute atomic E-state index is 0.000554. The van der Waals surface area contributed by atoms with E-state index in [-0.39, 0.29) is 5.69 Å². The number of hydrogen-bond acceptors (Lipinski definition) is 4. The SMILES string of the molecule is CCCCOCCCNc1ccc(Cl)cc1[N+](=O)[O-]. The number of ether oxygens (including phenoxy) is 1.